The van der Waals surface area contributed by atoms with Crippen LogP contribution in [0, 0.1) is 11.3 Å². The number of amides is 1. The van der Waals surface area contributed by atoms with E-state index in [1.807, 2.05) is 13.8 Å². The quantitative estimate of drug-likeness (QED) is 0.766. The van der Waals surface area contributed by atoms with Gasteiger partial charge in [0.1, 0.15) is 0 Å². The van der Waals surface area contributed by atoms with Crippen LogP contribution in [-0.2, 0) is 4.79 Å². The molecule has 1 fully saturated rings. The van der Waals surface area contributed by atoms with Gasteiger partial charge in [0.2, 0.25) is 5.91 Å². The van der Waals surface area contributed by atoms with Crippen LogP contribution in [0.3, 0.4) is 0 Å². The van der Waals surface area contributed by atoms with Gasteiger partial charge in [0.05, 0.1) is 0 Å². The summed E-state index contributed by atoms with van der Waals surface area (Å²) in [7, 11) is 0. The Morgan fingerprint density at radius 1 is 1.42 bits per heavy atom. The van der Waals surface area contributed by atoms with Gasteiger partial charge < -0.3 is 10.6 Å². The van der Waals surface area contributed by atoms with Crippen molar-refractivity contribution in [3.63, 3.8) is 0 Å². The van der Waals surface area contributed by atoms with Crippen molar-refractivity contribution in [2.45, 2.75) is 32.2 Å². The number of nitrogens with one attached hydrogen (secondary N) is 2. The van der Waals surface area contributed by atoms with Crippen molar-refractivity contribution in [3.8, 4) is 0 Å². The van der Waals surface area contributed by atoms with Crippen molar-refractivity contribution in [1.29, 1.82) is 0 Å². The van der Waals surface area contributed by atoms with Crippen LogP contribution in [0.4, 0.5) is 13.2 Å². The van der Waals surface area contributed by atoms with E-state index in [0.29, 0.717) is 0 Å². The molecular formula is C12H21F3N2OS. The molecule has 0 saturated carbocycles. The van der Waals surface area contributed by atoms with E-state index in [1.165, 1.54) is 0 Å². The maximum absolute atomic E-state index is 12.1. The van der Waals surface area contributed by atoms with Crippen LogP contribution < -0.4 is 10.6 Å². The molecule has 1 rings (SSSR count). The Hall–Kier alpha value is -0.430. The van der Waals surface area contributed by atoms with E-state index >= 15 is 0 Å². The molecule has 7 heteroatoms. The molecule has 1 amide bonds. The summed E-state index contributed by atoms with van der Waals surface area (Å²) >= 11 is -0.105. The van der Waals surface area contributed by atoms with Crippen LogP contribution in [0.5, 0.6) is 0 Å². The van der Waals surface area contributed by atoms with Crippen molar-refractivity contribution < 1.29 is 18.0 Å². The summed E-state index contributed by atoms with van der Waals surface area (Å²) in [4.78, 5) is 12.1. The monoisotopic (exact) mass is 298 g/mol. The highest BCUT2D eigenvalue weighted by Gasteiger charge is 2.37. The number of carbonyl (C=O) groups is 1. The first-order chi connectivity index (χ1) is 8.73. The zero-order valence-corrected chi connectivity index (χ0v) is 12.1. The molecule has 0 spiro atoms. The summed E-state index contributed by atoms with van der Waals surface area (Å²) in [6, 6.07) is 0. The van der Waals surface area contributed by atoms with Crippen molar-refractivity contribution in [2.24, 2.45) is 11.3 Å². The van der Waals surface area contributed by atoms with Gasteiger partial charge in [-0.1, -0.05) is 13.8 Å². The number of thioether (sulfide) groups is 1. The fraction of sp³-hybridized carbons (Fsp3) is 0.917. The Morgan fingerprint density at radius 3 is 2.63 bits per heavy atom. The lowest BCUT2D eigenvalue weighted by Crippen LogP contribution is -2.47. The van der Waals surface area contributed by atoms with Crippen LogP contribution >= 0.6 is 11.8 Å². The fourth-order valence-corrected chi connectivity index (χ4v) is 2.65. The van der Waals surface area contributed by atoms with Gasteiger partial charge in [0.25, 0.3) is 0 Å². The van der Waals surface area contributed by atoms with E-state index in [1.54, 1.807) is 0 Å². The molecular weight excluding hydrogens is 277 g/mol. The third-order valence-corrected chi connectivity index (χ3v) is 4.29. The molecule has 1 aliphatic rings. The highest BCUT2D eigenvalue weighted by molar-refractivity contribution is 8.00. The van der Waals surface area contributed by atoms with E-state index in [4.69, 9.17) is 0 Å². The Balaban J connectivity index is 2.34. The summed E-state index contributed by atoms with van der Waals surface area (Å²) in [6.45, 7) is 5.52. The van der Waals surface area contributed by atoms with Crippen molar-refractivity contribution in [3.05, 3.63) is 0 Å². The minimum Gasteiger partial charge on any atom is -0.355 e. The van der Waals surface area contributed by atoms with Crippen LogP contribution in [0.1, 0.15) is 26.7 Å². The molecule has 0 aromatic rings. The minimum absolute atomic E-state index is 0.0482. The number of hydrogen-bond donors (Lipinski definition) is 2. The molecule has 1 heterocycles. The molecule has 3 nitrogen and oxygen atoms in total. The first-order valence-electron chi connectivity index (χ1n) is 6.43. The average Bonchev–Trinajstić information content (AvgIpc) is 2.34. The second-order valence-corrected chi connectivity index (χ2v) is 6.47. The third-order valence-electron chi connectivity index (χ3n) is 3.56. The van der Waals surface area contributed by atoms with Gasteiger partial charge in [-0.15, -0.1) is 0 Å². The number of alkyl halides is 3. The first kappa shape index (κ1) is 16.6. The topological polar surface area (TPSA) is 41.1 Å². The van der Waals surface area contributed by atoms with Crippen molar-refractivity contribution in [1.82, 2.24) is 10.6 Å². The first-order valence-corrected chi connectivity index (χ1v) is 7.42. The number of carbonyl (C=O) groups excluding carboxylic acids is 1. The lowest BCUT2D eigenvalue weighted by Gasteiger charge is -2.36. The Kier molecular flexibility index (Phi) is 5.98. The van der Waals surface area contributed by atoms with E-state index in [2.05, 4.69) is 10.6 Å². The molecule has 1 unspecified atom stereocenters. The second kappa shape index (κ2) is 6.83. The molecule has 0 aliphatic carbocycles. The number of hydrogen-bond acceptors (Lipinski definition) is 3. The molecule has 19 heavy (non-hydrogen) atoms. The average molecular weight is 298 g/mol. The SMILES string of the molecule is CC(C)(C(=O)NCCSC(F)(F)F)C1CCCNC1. The normalized spacial score (nSPS) is 21.2. The zero-order valence-electron chi connectivity index (χ0n) is 11.3. The lowest BCUT2D eigenvalue weighted by atomic mass is 9.74. The number of halogens is 3. The summed E-state index contributed by atoms with van der Waals surface area (Å²) in [5, 5.41) is 5.86. The maximum Gasteiger partial charge on any atom is 0.441 e. The van der Waals surface area contributed by atoms with Gasteiger partial charge in [-0.2, -0.15) is 13.2 Å². The number of piperidine rings is 1. The molecule has 1 aliphatic heterocycles. The minimum atomic E-state index is -4.23. The van der Waals surface area contributed by atoms with E-state index in [-0.39, 0.29) is 35.9 Å². The fourth-order valence-electron chi connectivity index (χ4n) is 2.21. The standard InChI is InChI=1S/C12H21F3N2OS/c1-11(2,9-4-3-5-16-8-9)10(18)17-6-7-19-12(13,14)15/h9,16H,3-8H2,1-2H3,(H,17,18). The third kappa shape index (κ3) is 5.60. The van der Waals surface area contributed by atoms with Gasteiger partial charge >= 0.3 is 5.51 Å². The highest BCUT2D eigenvalue weighted by Crippen LogP contribution is 2.32. The Bertz CT molecular complexity index is 302. The molecule has 0 aromatic carbocycles. The smallest absolute Gasteiger partial charge is 0.355 e. The summed E-state index contributed by atoms with van der Waals surface area (Å²) in [5.74, 6) is -0.0747. The second-order valence-electron chi connectivity index (χ2n) is 5.32. The van der Waals surface area contributed by atoms with E-state index < -0.39 is 10.9 Å². The maximum atomic E-state index is 12.1. The molecule has 1 saturated heterocycles. The highest BCUT2D eigenvalue weighted by atomic mass is 32.2. The molecule has 2 N–H and O–H groups in total. The van der Waals surface area contributed by atoms with Crippen molar-refractivity contribution in [2.75, 3.05) is 25.4 Å². The predicted octanol–water partition coefficient (Wildman–Crippen LogP) is 2.38. The Morgan fingerprint density at radius 2 is 2.11 bits per heavy atom. The predicted molar refractivity (Wildman–Crippen MR) is 70.9 cm³/mol. The van der Waals surface area contributed by atoms with Gasteiger partial charge in [-0.25, -0.2) is 0 Å². The van der Waals surface area contributed by atoms with E-state index in [9.17, 15) is 18.0 Å². The van der Waals surface area contributed by atoms with Gasteiger partial charge in [0, 0.05) is 17.7 Å². The van der Waals surface area contributed by atoms with Crippen LogP contribution in [-0.4, -0.2) is 36.8 Å². The van der Waals surface area contributed by atoms with Gasteiger partial charge in [-0.3, -0.25) is 4.79 Å². The largest absolute Gasteiger partial charge is 0.441 e. The van der Waals surface area contributed by atoms with Crippen LogP contribution in [0.2, 0.25) is 0 Å². The summed E-state index contributed by atoms with van der Waals surface area (Å²) in [6.07, 6.45) is 2.01. The summed E-state index contributed by atoms with van der Waals surface area (Å²) < 4.78 is 35.8. The molecule has 0 radical (unpaired) electrons. The van der Waals surface area contributed by atoms with Gasteiger partial charge in [0.15, 0.2) is 0 Å². The van der Waals surface area contributed by atoms with E-state index in [0.717, 1.165) is 25.9 Å². The molecule has 0 bridgehead atoms. The van der Waals surface area contributed by atoms with Gasteiger partial charge in [-0.05, 0) is 43.6 Å². The van der Waals surface area contributed by atoms with Crippen molar-refractivity contribution >= 4 is 17.7 Å². The Labute approximate surface area is 116 Å². The lowest BCUT2D eigenvalue weighted by molar-refractivity contribution is -0.132. The summed E-state index contributed by atoms with van der Waals surface area (Å²) in [5.41, 5.74) is -4.77. The molecule has 0 aromatic heterocycles. The van der Waals surface area contributed by atoms with Crippen LogP contribution in [0.25, 0.3) is 0 Å². The zero-order chi connectivity index (χ0) is 14.5. The molecule has 1 atom stereocenters. The van der Waals surface area contributed by atoms with Crippen LogP contribution in [0.15, 0.2) is 0 Å². The number of rotatable bonds is 5. The molecule has 112 valence electrons.